The second-order valence-electron chi connectivity index (χ2n) is 5.31. The molecule has 0 aliphatic carbocycles. The summed E-state index contributed by atoms with van der Waals surface area (Å²) < 4.78 is 110. The van der Waals surface area contributed by atoms with Crippen LogP contribution in [0.2, 0.25) is 0 Å². The van der Waals surface area contributed by atoms with Gasteiger partial charge in [-0.2, -0.15) is 8.42 Å². The number of carbonyl (C=O) groups excluding carboxylic acids is 1. The fourth-order valence-electron chi connectivity index (χ4n) is 1.80. The van der Waals surface area contributed by atoms with Gasteiger partial charge in [0.25, 0.3) is 10.1 Å². The van der Waals surface area contributed by atoms with E-state index in [-0.39, 0.29) is 18.8 Å². The molecule has 0 saturated heterocycles. The molecule has 1 aromatic carbocycles. The highest BCUT2D eigenvalue weighted by atomic mass is 32.2. The molecule has 0 bridgehead atoms. The minimum absolute atomic E-state index is 0.270. The molecular weight excluding hydrogens is 483 g/mol. The number of aromatic carboxylic acids is 1. The topological polar surface area (TPSA) is 214 Å². The summed E-state index contributed by atoms with van der Waals surface area (Å²) in [5.41, 5.74) is -0.990. The van der Waals surface area contributed by atoms with Crippen molar-refractivity contribution in [3.05, 3.63) is 29.8 Å². The smallest absolute Gasteiger partial charge is 0.545 e. The van der Waals surface area contributed by atoms with Crippen LogP contribution in [0.3, 0.4) is 0 Å². The summed E-state index contributed by atoms with van der Waals surface area (Å²) in [6.45, 7) is -5.10. The molecule has 0 fully saturated rings. The number of carboxylic acids is 1. The van der Waals surface area contributed by atoms with E-state index in [1.165, 1.54) is 0 Å². The molecule has 0 amide bonds. The fourth-order valence-corrected chi connectivity index (χ4v) is 4.93. The number of carboxylic acid groups (broad SMARTS) is 1. The lowest BCUT2D eigenvalue weighted by molar-refractivity contribution is -0.255. The van der Waals surface area contributed by atoms with Crippen molar-refractivity contribution in [2.24, 2.45) is 0 Å². The third kappa shape index (κ3) is 8.34. The number of hydrogen-bond acceptors (Lipinski definition) is 14. The Balaban J connectivity index is 3.75. The molecule has 0 aliphatic rings. The molecule has 0 saturated carbocycles. The van der Waals surface area contributed by atoms with Gasteiger partial charge in [-0.25, -0.2) is 25.3 Å². The third-order valence-electron chi connectivity index (χ3n) is 2.50. The Morgan fingerprint density at radius 3 is 1.48 bits per heavy atom. The number of rotatable bonds is 10. The third-order valence-corrected chi connectivity index (χ3v) is 5.64. The summed E-state index contributed by atoms with van der Waals surface area (Å²) in [5.74, 6) is -2.01. The maximum atomic E-state index is 12.5. The Bertz CT molecular complexity index is 1130. The van der Waals surface area contributed by atoms with Gasteiger partial charge in [0.05, 0.1) is 29.6 Å². The van der Waals surface area contributed by atoms with Crippen LogP contribution in [0.25, 0.3) is 0 Å². The van der Waals surface area contributed by atoms with E-state index in [1.807, 2.05) is 0 Å². The molecule has 166 valence electrons. The van der Waals surface area contributed by atoms with Crippen LogP contribution in [0.4, 0.5) is 0 Å². The Morgan fingerprint density at radius 1 is 0.759 bits per heavy atom. The molecular formula is C10H13BO14S4-2. The van der Waals surface area contributed by atoms with E-state index in [4.69, 9.17) is 0 Å². The normalized spacial score (nSPS) is 13.9. The van der Waals surface area contributed by atoms with Crippen LogP contribution in [0, 0.1) is 0 Å². The zero-order valence-corrected chi connectivity index (χ0v) is 18.0. The van der Waals surface area contributed by atoms with E-state index >= 15 is 0 Å². The van der Waals surface area contributed by atoms with Gasteiger partial charge < -0.3 is 26.3 Å². The lowest BCUT2D eigenvalue weighted by atomic mass is 10.1. The van der Waals surface area contributed by atoms with Crippen molar-refractivity contribution in [1.82, 2.24) is 0 Å². The van der Waals surface area contributed by atoms with Crippen molar-refractivity contribution in [3.63, 3.8) is 0 Å². The van der Waals surface area contributed by atoms with Crippen molar-refractivity contribution in [2.45, 2.75) is 4.90 Å². The molecule has 0 spiro atoms. The number of hydrogen-bond donors (Lipinski definition) is 0. The van der Waals surface area contributed by atoms with E-state index in [0.29, 0.717) is 6.07 Å². The standard InChI is InChI=1S/C10H14BO14S4/c1-26(14,15)22-11(23-27(2,16)17,24-28(3,18)19)25-29(20,21)9-7-5-4-6-8(9)10(12)13/h4-7H,1-3H3,(H,12,13)/q-1/p-1. The Hall–Kier alpha value is -1.61. The summed E-state index contributed by atoms with van der Waals surface area (Å²) in [7, 11) is -20.1. The van der Waals surface area contributed by atoms with Gasteiger partial charge in [-0.15, -0.1) is 0 Å². The van der Waals surface area contributed by atoms with Crippen molar-refractivity contribution in [1.29, 1.82) is 0 Å². The van der Waals surface area contributed by atoms with Gasteiger partial charge in [-0.05, 0) is 6.07 Å². The molecule has 0 N–H and O–H groups in total. The van der Waals surface area contributed by atoms with Crippen molar-refractivity contribution >= 4 is 53.4 Å². The van der Waals surface area contributed by atoms with Crippen LogP contribution in [-0.2, 0) is 56.9 Å². The average Bonchev–Trinajstić information content (AvgIpc) is 2.40. The van der Waals surface area contributed by atoms with Gasteiger partial charge in [-0.3, -0.25) is 0 Å². The van der Waals surface area contributed by atoms with E-state index in [1.54, 1.807) is 0 Å². The second-order valence-corrected chi connectivity index (χ2v) is 11.7. The van der Waals surface area contributed by atoms with Crippen molar-refractivity contribution in [3.8, 4) is 0 Å². The molecule has 0 heterocycles. The maximum Gasteiger partial charge on any atom is 0.586 e. The molecule has 0 unspecified atom stereocenters. The highest BCUT2D eigenvalue weighted by Crippen LogP contribution is 2.27. The van der Waals surface area contributed by atoms with Crippen LogP contribution in [0.5, 0.6) is 0 Å². The predicted octanol–water partition coefficient (Wildman–Crippen LogP) is -2.88. The highest BCUT2D eigenvalue weighted by molar-refractivity contribution is 7.91. The first-order chi connectivity index (χ1) is 12.8. The van der Waals surface area contributed by atoms with Crippen LogP contribution in [-0.4, -0.2) is 65.4 Å². The largest absolute Gasteiger partial charge is 0.586 e. The fraction of sp³-hybridized carbons (Fsp3) is 0.300. The molecule has 19 heteroatoms. The first-order valence-corrected chi connectivity index (χ1v) is 13.7. The molecule has 14 nitrogen and oxygen atoms in total. The molecule has 0 aromatic heterocycles. The van der Waals surface area contributed by atoms with Gasteiger partial charge in [0.2, 0.25) is 30.4 Å². The van der Waals surface area contributed by atoms with Crippen molar-refractivity contribution in [2.75, 3.05) is 18.8 Å². The van der Waals surface area contributed by atoms with E-state index < -0.39 is 63.9 Å². The molecule has 0 radical (unpaired) electrons. The van der Waals surface area contributed by atoms with Crippen LogP contribution >= 0.6 is 0 Å². The maximum absolute atomic E-state index is 12.5. The van der Waals surface area contributed by atoms with Crippen LogP contribution in [0.1, 0.15) is 10.4 Å². The summed E-state index contributed by atoms with van der Waals surface area (Å²) in [6, 6.07) is 3.52. The monoisotopic (exact) mass is 496 g/mol. The Morgan fingerprint density at radius 2 is 1.14 bits per heavy atom. The zero-order chi connectivity index (χ0) is 22.9. The summed E-state index contributed by atoms with van der Waals surface area (Å²) in [6.07, 6.45) is 0.809. The SMILES string of the molecule is CS(=O)(=O)O[B-](OS(C)(=O)=O)(OS(C)(=O)=O)OS(=O)(=O)c1ccccc1C(=O)[O-]. The van der Waals surface area contributed by atoms with Gasteiger partial charge >= 0.3 is 6.96 Å². The van der Waals surface area contributed by atoms with E-state index in [0.717, 1.165) is 18.2 Å². The minimum atomic E-state index is -5.47. The summed E-state index contributed by atoms with van der Waals surface area (Å²) in [5, 5.41) is 11.1. The van der Waals surface area contributed by atoms with E-state index in [2.05, 4.69) is 16.4 Å². The average molecular weight is 496 g/mol. The van der Waals surface area contributed by atoms with Gasteiger partial charge in [-0.1, -0.05) is 18.2 Å². The molecule has 1 rings (SSSR count). The number of carbonyl (C=O) groups is 1. The van der Waals surface area contributed by atoms with Gasteiger partial charge in [0.15, 0.2) is 0 Å². The van der Waals surface area contributed by atoms with Gasteiger partial charge in [0, 0.05) is 5.56 Å². The summed E-state index contributed by atoms with van der Waals surface area (Å²) in [4.78, 5) is 9.94. The lowest BCUT2D eigenvalue weighted by Crippen LogP contribution is -2.53. The quantitative estimate of drug-likeness (QED) is 0.298. The Labute approximate surface area is 166 Å². The molecule has 0 aliphatic heterocycles. The van der Waals surface area contributed by atoms with Crippen LogP contribution < -0.4 is 5.11 Å². The predicted molar refractivity (Wildman–Crippen MR) is 92.6 cm³/mol. The van der Waals surface area contributed by atoms with Gasteiger partial charge in [0.1, 0.15) is 0 Å². The first kappa shape index (κ1) is 25.4. The highest BCUT2D eigenvalue weighted by Gasteiger charge is 2.47. The second kappa shape index (κ2) is 8.26. The first-order valence-electron chi connectivity index (χ1n) is 6.86. The minimum Gasteiger partial charge on any atom is -0.545 e. The number of benzene rings is 1. The van der Waals surface area contributed by atoms with Crippen LogP contribution in [0.15, 0.2) is 29.2 Å². The Kier molecular flexibility index (Phi) is 7.24. The van der Waals surface area contributed by atoms with Crippen molar-refractivity contribution < 1.29 is 60.0 Å². The summed E-state index contributed by atoms with van der Waals surface area (Å²) >= 11 is 0. The molecule has 0 atom stereocenters. The molecule has 29 heavy (non-hydrogen) atoms. The van der Waals surface area contributed by atoms with E-state index in [9.17, 15) is 43.6 Å². The molecule has 1 aromatic rings. The lowest BCUT2D eigenvalue weighted by Gasteiger charge is -2.36. The zero-order valence-electron chi connectivity index (χ0n) is 14.7.